The fraction of sp³-hybridized carbons (Fsp3) is 0.594. The number of piperidine rings is 2. The number of aromatic nitrogens is 1. The summed E-state index contributed by atoms with van der Waals surface area (Å²) in [5.41, 5.74) is 1.28. The fourth-order valence-corrected chi connectivity index (χ4v) is 6.76. The van der Waals surface area contributed by atoms with Crippen LogP contribution >= 0.6 is 23.2 Å². The number of nitrogens with zero attached hydrogens (tertiary/aromatic N) is 4. The summed E-state index contributed by atoms with van der Waals surface area (Å²) in [5.74, 6) is 0.815. The van der Waals surface area contributed by atoms with Gasteiger partial charge in [-0.3, -0.25) is 14.6 Å². The zero-order valence-electron chi connectivity index (χ0n) is 25.2. The Morgan fingerprint density at radius 2 is 1.86 bits per heavy atom. The van der Waals surface area contributed by atoms with Gasteiger partial charge in [0.1, 0.15) is 11.4 Å². The zero-order valence-corrected chi connectivity index (χ0v) is 26.7. The summed E-state index contributed by atoms with van der Waals surface area (Å²) in [6.07, 6.45) is 3.69. The first-order valence-corrected chi connectivity index (χ1v) is 15.8. The Hall–Kier alpha value is -2.39. The van der Waals surface area contributed by atoms with Gasteiger partial charge in [0.15, 0.2) is 0 Å². The molecule has 1 aromatic carbocycles. The van der Waals surface area contributed by atoms with Gasteiger partial charge in [-0.2, -0.15) is 0 Å². The van der Waals surface area contributed by atoms with E-state index < -0.39 is 5.60 Å². The molecule has 8 nitrogen and oxygen atoms in total. The average Bonchev–Trinajstić information content (AvgIpc) is 2.90. The summed E-state index contributed by atoms with van der Waals surface area (Å²) >= 11 is 12.8. The number of carbonyl (C=O) groups excluding carboxylic acids is 2. The number of ether oxygens (including phenoxy) is 1. The highest BCUT2D eigenvalue weighted by Crippen LogP contribution is 2.41. The van der Waals surface area contributed by atoms with Crippen molar-refractivity contribution in [1.82, 2.24) is 20.1 Å². The Morgan fingerprint density at radius 1 is 1.12 bits per heavy atom. The molecule has 10 heteroatoms. The van der Waals surface area contributed by atoms with Gasteiger partial charge in [0.2, 0.25) is 5.91 Å². The van der Waals surface area contributed by atoms with Gasteiger partial charge >= 0.3 is 6.09 Å². The second kappa shape index (κ2) is 12.7. The van der Waals surface area contributed by atoms with E-state index in [2.05, 4.69) is 26.2 Å². The number of pyridine rings is 1. The molecule has 3 fully saturated rings. The van der Waals surface area contributed by atoms with Gasteiger partial charge in [-0.15, -0.1) is 0 Å². The van der Waals surface area contributed by atoms with Crippen LogP contribution in [0.3, 0.4) is 0 Å². The highest BCUT2D eigenvalue weighted by Gasteiger charge is 2.43. The second-order valence-electron chi connectivity index (χ2n) is 13.1. The van der Waals surface area contributed by atoms with Gasteiger partial charge in [-0.25, -0.2) is 9.78 Å². The van der Waals surface area contributed by atoms with Crippen molar-refractivity contribution in [3.8, 4) is 0 Å². The second-order valence-corrected chi connectivity index (χ2v) is 14.0. The van der Waals surface area contributed by atoms with E-state index in [-0.39, 0.29) is 23.5 Å². The molecule has 3 aliphatic heterocycles. The van der Waals surface area contributed by atoms with Gasteiger partial charge in [-0.05, 0) is 89.8 Å². The summed E-state index contributed by atoms with van der Waals surface area (Å²) in [5, 5.41) is 4.11. The lowest BCUT2D eigenvalue weighted by Crippen LogP contribution is -2.62. The molecule has 1 aromatic heterocycles. The lowest BCUT2D eigenvalue weighted by Gasteiger charge is -2.49. The van der Waals surface area contributed by atoms with Crippen molar-refractivity contribution in [2.24, 2.45) is 0 Å². The van der Waals surface area contributed by atoms with E-state index in [9.17, 15) is 9.59 Å². The Kier molecular flexibility index (Phi) is 9.38. The summed E-state index contributed by atoms with van der Waals surface area (Å²) in [4.78, 5) is 36.9. The van der Waals surface area contributed by atoms with Crippen LogP contribution in [0.2, 0.25) is 10.0 Å². The highest BCUT2D eigenvalue weighted by atomic mass is 35.5. The molecule has 42 heavy (non-hydrogen) atoms. The van der Waals surface area contributed by atoms with Crippen molar-refractivity contribution in [1.29, 1.82) is 0 Å². The summed E-state index contributed by atoms with van der Waals surface area (Å²) in [7, 11) is 0. The summed E-state index contributed by atoms with van der Waals surface area (Å²) < 4.78 is 5.42. The van der Waals surface area contributed by atoms with Crippen LogP contribution in [0, 0.1) is 6.92 Å². The third kappa shape index (κ3) is 7.39. The first-order valence-electron chi connectivity index (χ1n) is 15.1. The zero-order chi connectivity index (χ0) is 30.1. The molecule has 1 N–H and O–H groups in total. The van der Waals surface area contributed by atoms with Crippen LogP contribution < -0.4 is 10.2 Å². The molecule has 228 valence electrons. The van der Waals surface area contributed by atoms with Crippen LogP contribution in [0.5, 0.6) is 0 Å². The summed E-state index contributed by atoms with van der Waals surface area (Å²) in [6, 6.07) is 12.4. The number of anilines is 1. The van der Waals surface area contributed by atoms with Crippen molar-refractivity contribution >= 4 is 41.0 Å². The van der Waals surface area contributed by atoms with E-state index in [1.165, 1.54) is 0 Å². The molecular formula is C32H43Cl2N5O3. The minimum Gasteiger partial charge on any atom is -0.444 e. The van der Waals surface area contributed by atoms with Crippen LogP contribution in [0.15, 0.2) is 36.4 Å². The number of carbonyl (C=O) groups is 2. The lowest BCUT2D eigenvalue weighted by atomic mass is 9.71. The van der Waals surface area contributed by atoms with E-state index in [0.29, 0.717) is 34.9 Å². The first-order chi connectivity index (χ1) is 19.9. The van der Waals surface area contributed by atoms with Gasteiger partial charge in [0.05, 0.1) is 10.0 Å². The smallest absolute Gasteiger partial charge is 0.407 e. The van der Waals surface area contributed by atoms with Crippen LogP contribution in [0.25, 0.3) is 0 Å². The van der Waals surface area contributed by atoms with Gasteiger partial charge in [0.25, 0.3) is 0 Å². The summed E-state index contributed by atoms with van der Waals surface area (Å²) in [6.45, 7) is 13.1. The predicted octanol–water partition coefficient (Wildman–Crippen LogP) is 5.83. The molecule has 0 bridgehead atoms. The average molecular weight is 617 g/mol. The Labute approximate surface area is 259 Å². The molecule has 2 aromatic rings. The topological polar surface area (TPSA) is 78.0 Å². The van der Waals surface area contributed by atoms with Crippen LogP contribution in [-0.4, -0.2) is 83.7 Å². The normalized spacial score (nSPS) is 23.1. The van der Waals surface area contributed by atoms with E-state index in [0.717, 1.165) is 69.7 Å². The molecule has 0 aliphatic carbocycles. The van der Waals surface area contributed by atoms with Gasteiger partial charge < -0.3 is 15.0 Å². The number of aryl methyl sites for hydroxylation is 1. The minimum atomic E-state index is -0.485. The number of hydrogen-bond acceptors (Lipinski definition) is 6. The molecule has 0 spiro atoms. The molecular weight excluding hydrogens is 573 g/mol. The third-order valence-electron chi connectivity index (χ3n) is 8.87. The SMILES string of the molecule is Cc1cccc(N2C[C@@](CCN3CC(N4CCC(NC(=O)OC(C)(C)C)CC4)C3)(c3ccc(Cl)c(Cl)c3)CCC2=O)n1. The number of benzene rings is 1. The van der Waals surface area contributed by atoms with Gasteiger partial charge in [0, 0.05) is 62.3 Å². The maximum atomic E-state index is 13.1. The van der Waals surface area contributed by atoms with E-state index in [4.69, 9.17) is 27.9 Å². The molecule has 0 radical (unpaired) electrons. The molecule has 1 atom stereocenters. The largest absolute Gasteiger partial charge is 0.444 e. The number of hydrogen-bond donors (Lipinski definition) is 1. The van der Waals surface area contributed by atoms with Crippen LogP contribution in [0.1, 0.15) is 64.1 Å². The molecule has 0 unspecified atom stereocenters. The molecule has 3 aliphatic rings. The maximum Gasteiger partial charge on any atom is 0.407 e. The molecule has 4 heterocycles. The third-order valence-corrected chi connectivity index (χ3v) is 9.61. The van der Waals surface area contributed by atoms with E-state index in [1.807, 2.05) is 62.9 Å². The minimum absolute atomic E-state index is 0.109. The number of alkyl carbamates (subject to hydrolysis) is 1. The van der Waals surface area contributed by atoms with Crippen molar-refractivity contribution in [2.45, 2.75) is 82.9 Å². The van der Waals surface area contributed by atoms with Crippen molar-refractivity contribution in [2.75, 3.05) is 44.2 Å². The standard InChI is InChI=1S/C32H43Cl2N5O3/c1-22-6-5-7-28(35-22)39-21-32(13-10-29(39)40,23-8-9-26(33)27(34)18-23)14-17-37-19-25(20-37)38-15-11-24(12-16-38)36-30(41)42-31(2,3)4/h5-9,18,24-25H,10-17,19-21H2,1-4H3,(H,36,41)/t32-/m1/s1. The predicted molar refractivity (Wildman–Crippen MR) is 168 cm³/mol. The number of nitrogens with one attached hydrogen (secondary N) is 1. The van der Waals surface area contributed by atoms with Crippen molar-refractivity contribution in [3.63, 3.8) is 0 Å². The molecule has 0 saturated carbocycles. The van der Waals surface area contributed by atoms with Crippen molar-refractivity contribution < 1.29 is 14.3 Å². The monoisotopic (exact) mass is 615 g/mol. The Morgan fingerprint density at radius 3 is 2.52 bits per heavy atom. The lowest BCUT2D eigenvalue weighted by molar-refractivity contribution is -0.120. The van der Waals surface area contributed by atoms with Crippen molar-refractivity contribution in [3.05, 3.63) is 57.7 Å². The maximum absolute atomic E-state index is 13.1. The Balaban J connectivity index is 1.19. The van der Waals surface area contributed by atoms with E-state index >= 15 is 0 Å². The fourth-order valence-electron chi connectivity index (χ4n) is 6.46. The molecule has 2 amide bonds. The highest BCUT2D eigenvalue weighted by molar-refractivity contribution is 6.42. The molecule has 3 saturated heterocycles. The first kappa shape index (κ1) is 31.0. The number of amides is 2. The quantitative estimate of drug-likeness (QED) is 0.422. The Bertz CT molecular complexity index is 1290. The van der Waals surface area contributed by atoms with Gasteiger partial charge in [-0.1, -0.05) is 35.3 Å². The number of likely N-dealkylation sites (tertiary alicyclic amines) is 2. The van der Waals surface area contributed by atoms with Crippen LogP contribution in [-0.2, 0) is 14.9 Å². The molecule has 5 rings (SSSR count). The van der Waals surface area contributed by atoms with E-state index in [1.54, 1.807) is 0 Å². The number of halogens is 2. The van der Waals surface area contributed by atoms with Crippen LogP contribution in [0.4, 0.5) is 10.6 Å². The number of rotatable bonds is 7.